The molecule has 3 aromatic carbocycles. The van der Waals surface area contributed by atoms with Gasteiger partial charge in [-0.15, -0.1) is 0 Å². The predicted molar refractivity (Wildman–Crippen MR) is 113 cm³/mol. The van der Waals surface area contributed by atoms with Gasteiger partial charge < -0.3 is 19.3 Å². The van der Waals surface area contributed by atoms with Crippen LogP contribution in [-0.4, -0.2) is 13.5 Å². The number of fused-ring (bicyclic) bond motifs is 3. The maximum absolute atomic E-state index is 6.17. The molecular formula is C22H18Cl2N2O2. The van der Waals surface area contributed by atoms with Crippen molar-refractivity contribution in [3.63, 3.8) is 0 Å². The van der Waals surface area contributed by atoms with Crippen molar-refractivity contribution >= 4 is 34.6 Å². The van der Waals surface area contributed by atoms with Gasteiger partial charge in [-0.05, 0) is 48.5 Å². The van der Waals surface area contributed by atoms with E-state index >= 15 is 0 Å². The van der Waals surface area contributed by atoms with Crippen LogP contribution in [0, 0.1) is 0 Å². The third-order valence-corrected chi connectivity index (χ3v) is 5.61. The molecule has 0 unspecified atom stereocenters. The lowest BCUT2D eigenvalue weighted by atomic mass is 10.0. The number of halogens is 2. The van der Waals surface area contributed by atoms with Crippen molar-refractivity contribution in [2.45, 2.75) is 13.1 Å². The van der Waals surface area contributed by atoms with E-state index in [0.29, 0.717) is 23.5 Å². The second-order valence-electron chi connectivity index (χ2n) is 6.92. The van der Waals surface area contributed by atoms with Crippen molar-refractivity contribution in [1.29, 1.82) is 0 Å². The first-order valence-electron chi connectivity index (χ1n) is 9.09. The Labute approximate surface area is 173 Å². The Balaban J connectivity index is 1.48. The molecule has 0 bridgehead atoms. The molecule has 28 heavy (non-hydrogen) atoms. The molecule has 142 valence electrons. The number of nitrogens with zero attached hydrogens (tertiary/aromatic N) is 2. The van der Waals surface area contributed by atoms with Crippen LogP contribution in [0.1, 0.15) is 11.1 Å². The average Bonchev–Trinajstić information content (AvgIpc) is 2.73. The van der Waals surface area contributed by atoms with Crippen LogP contribution in [0.2, 0.25) is 10.0 Å². The molecule has 0 aromatic heterocycles. The summed E-state index contributed by atoms with van der Waals surface area (Å²) in [7, 11) is 0. The Hall–Kier alpha value is -2.56. The zero-order chi connectivity index (χ0) is 19.1. The van der Waals surface area contributed by atoms with E-state index in [1.807, 2.05) is 60.7 Å². The van der Waals surface area contributed by atoms with Gasteiger partial charge in [-0.3, -0.25) is 0 Å². The highest BCUT2D eigenvalue weighted by Crippen LogP contribution is 2.39. The van der Waals surface area contributed by atoms with Crippen molar-refractivity contribution < 1.29 is 9.47 Å². The maximum Gasteiger partial charge on any atom is 0.161 e. The van der Waals surface area contributed by atoms with Gasteiger partial charge in [0.1, 0.15) is 11.5 Å². The van der Waals surface area contributed by atoms with E-state index in [1.165, 1.54) is 0 Å². The lowest BCUT2D eigenvalue weighted by Crippen LogP contribution is -2.36. The fraction of sp³-hybridized carbons (Fsp3) is 0.182. The lowest BCUT2D eigenvalue weighted by Gasteiger charge is -2.36. The van der Waals surface area contributed by atoms with Crippen LogP contribution in [-0.2, 0) is 13.1 Å². The number of anilines is 2. The summed E-state index contributed by atoms with van der Waals surface area (Å²) in [5.41, 5.74) is 4.38. The molecule has 0 fully saturated rings. The molecule has 0 aliphatic carbocycles. The van der Waals surface area contributed by atoms with Crippen LogP contribution >= 0.6 is 23.2 Å². The van der Waals surface area contributed by atoms with Crippen LogP contribution in [0.3, 0.4) is 0 Å². The minimum atomic E-state index is 0.491. The Morgan fingerprint density at radius 2 is 1.11 bits per heavy atom. The summed E-state index contributed by atoms with van der Waals surface area (Å²) < 4.78 is 12.1. The molecule has 0 spiro atoms. The van der Waals surface area contributed by atoms with Crippen molar-refractivity contribution in [3.8, 4) is 11.5 Å². The molecule has 2 aliphatic rings. The summed E-state index contributed by atoms with van der Waals surface area (Å²) in [6.07, 6.45) is 0. The van der Waals surface area contributed by atoms with Crippen molar-refractivity contribution in [3.05, 3.63) is 81.8 Å². The van der Waals surface area contributed by atoms with Crippen LogP contribution in [0.4, 0.5) is 11.4 Å². The molecule has 3 aromatic rings. The first-order valence-corrected chi connectivity index (χ1v) is 9.84. The van der Waals surface area contributed by atoms with Gasteiger partial charge in [-0.25, -0.2) is 0 Å². The van der Waals surface area contributed by atoms with Crippen LogP contribution in [0.5, 0.6) is 11.5 Å². The van der Waals surface area contributed by atoms with Crippen molar-refractivity contribution in [1.82, 2.24) is 0 Å². The second kappa shape index (κ2) is 7.12. The Bertz CT molecular complexity index is 958. The maximum atomic E-state index is 6.17. The summed E-state index contributed by atoms with van der Waals surface area (Å²) in [6, 6.07) is 19.7. The summed E-state index contributed by atoms with van der Waals surface area (Å²) in [6.45, 7) is 2.47. The molecule has 0 amide bonds. The van der Waals surface area contributed by atoms with E-state index in [4.69, 9.17) is 32.7 Å². The van der Waals surface area contributed by atoms with Crippen LogP contribution in [0.25, 0.3) is 0 Å². The number of ether oxygens (including phenoxy) is 2. The smallest absolute Gasteiger partial charge is 0.161 e. The van der Waals surface area contributed by atoms with E-state index < -0.39 is 0 Å². The van der Waals surface area contributed by atoms with Crippen molar-refractivity contribution in [2.75, 3.05) is 23.3 Å². The molecule has 4 nitrogen and oxygen atoms in total. The Morgan fingerprint density at radius 1 is 0.643 bits per heavy atom. The molecule has 2 heterocycles. The van der Waals surface area contributed by atoms with E-state index in [1.54, 1.807) is 0 Å². The van der Waals surface area contributed by atoms with E-state index in [9.17, 15) is 0 Å². The SMILES string of the molecule is Clc1cccc(N2COc3ccc4c(c3C2)CN(c2cccc(Cl)c2)CO4)c1. The highest BCUT2D eigenvalue weighted by Gasteiger charge is 2.27. The molecule has 2 aliphatic heterocycles. The molecular weight excluding hydrogens is 395 g/mol. The van der Waals surface area contributed by atoms with Gasteiger partial charge >= 0.3 is 0 Å². The minimum absolute atomic E-state index is 0.491. The highest BCUT2D eigenvalue weighted by molar-refractivity contribution is 6.31. The van der Waals surface area contributed by atoms with Gasteiger partial charge in [0, 0.05) is 32.5 Å². The first-order chi connectivity index (χ1) is 13.7. The Kier molecular flexibility index (Phi) is 4.46. The zero-order valence-electron chi connectivity index (χ0n) is 15.1. The third-order valence-electron chi connectivity index (χ3n) is 5.14. The third kappa shape index (κ3) is 3.23. The lowest BCUT2D eigenvalue weighted by molar-refractivity contribution is 0.271. The molecule has 6 heteroatoms. The molecule has 0 saturated heterocycles. The fourth-order valence-electron chi connectivity index (χ4n) is 3.71. The fourth-order valence-corrected chi connectivity index (χ4v) is 4.08. The van der Waals surface area contributed by atoms with Gasteiger partial charge in [0.2, 0.25) is 0 Å². The second-order valence-corrected chi connectivity index (χ2v) is 7.79. The van der Waals surface area contributed by atoms with E-state index in [-0.39, 0.29) is 0 Å². The van der Waals surface area contributed by atoms with E-state index in [0.717, 1.165) is 47.1 Å². The zero-order valence-corrected chi connectivity index (χ0v) is 16.6. The van der Waals surface area contributed by atoms with Gasteiger partial charge in [-0.2, -0.15) is 0 Å². The topological polar surface area (TPSA) is 24.9 Å². The monoisotopic (exact) mass is 412 g/mol. The van der Waals surface area contributed by atoms with Gasteiger partial charge in [-0.1, -0.05) is 35.3 Å². The standard InChI is InChI=1S/C22H18Cl2N2O2/c23-15-3-1-5-17(9-15)25-11-19-20-12-26(18-6-2-4-16(24)10-18)14-28-22(20)8-7-21(19)27-13-25/h1-10H,11-14H2. The van der Waals surface area contributed by atoms with Crippen LogP contribution in [0.15, 0.2) is 60.7 Å². The summed E-state index contributed by atoms with van der Waals surface area (Å²) in [5, 5.41) is 1.43. The summed E-state index contributed by atoms with van der Waals surface area (Å²) in [4.78, 5) is 4.35. The van der Waals surface area contributed by atoms with Gasteiger partial charge in [0.05, 0.1) is 13.1 Å². The summed E-state index contributed by atoms with van der Waals surface area (Å²) in [5.74, 6) is 1.82. The average molecular weight is 413 g/mol. The molecule has 0 atom stereocenters. The predicted octanol–water partition coefficient (Wildman–Crippen LogP) is 5.71. The highest BCUT2D eigenvalue weighted by atomic mass is 35.5. The number of rotatable bonds is 2. The van der Waals surface area contributed by atoms with Crippen molar-refractivity contribution in [2.24, 2.45) is 0 Å². The largest absolute Gasteiger partial charge is 0.473 e. The molecule has 0 saturated carbocycles. The minimum Gasteiger partial charge on any atom is -0.473 e. The number of hydrogen-bond acceptors (Lipinski definition) is 4. The van der Waals surface area contributed by atoms with Gasteiger partial charge in [0.25, 0.3) is 0 Å². The molecule has 0 N–H and O–H groups in total. The Morgan fingerprint density at radius 3 is 1.54 bits per heavy atom. The number of benzene rings is 3. The molecule has 5 rings (SSSR count). The quantitative estimate of drug-likeness (QED) is 0.538. The molecule has 0 radical (unpaired) electrons. The van der Waals surface area contributed by atoms with E-state index in [2.05, 4.69) is 9.80 Å². The van der Waals surface area contributed by atoms with Crippen LogP contribution < -0.4 is 19.3 Å². The van der Waals surface area contributed by atoms with Gasteiger partial charge in [0.15, 0.2) is 13.5 Å². The first kappa shape index (κ1) is 17.5. The number of hydrogen-bond donors (Lipinski definition) is 0. The summed E-state index contributed by atoms with van der Waals surface area (Å²) >= 11 is 12.3. The normalized spacial score (nSPS) is 15.4.